The molecule has 0 amide bonds. The molecule has 0 radical (unpaired) electrons. The number of rotatable bonds is 2. The molecule has 1 atom stereocenters. The number of allylic oxidation sites excluding steroid dienone is 5. The van der Waals surface area contributed by atoms with Gasteiger partial charge in [-0.1, -0.05) is 18.2 Å². The second-order valence-electron chi connectivity index (χ2n) is 4.52. The number of carbonyl (C=O) groups excluding carboxylic acids is 2. The van der Waals surface area contributed by atoms with Gasteiger partial charge in [0.15, 0.2) is 11.5 Å². The van der Waals surface area contributed by atoms with Crippen LogP contribution in [0.25, 0.3) is 6.08 Å². The number of hydrogen-bond acceptors (Lipinski definition) is 4. The van der Waals surface area contributed by atoms with Crippen molar-refractivity contribution in [2.24, 2.45) is 5.92 Å². The highest BCUT2D eigenvalue weighted by Crippen LogP contribution is 2.33. The van der Waals surface area contributed by atoms with E-state index in [1.807, 2.05) is 18.2 Å². The smallest absolute Gasteiger partial charge is 0.216 e. The Balaban J connectivity index is 1.94. The second kappa shape index (κ2) is 4.81. The number of ether oxygens (including phenoxy) is 2. The highest BCUT2D eigenvalue weighted by Gasteiger charge is 2.41. The zero-order valence-electron chi connectivity index (χ0n) is 10.8. The summed E-state index contributed by atoms with van der Waals surface area (Å²) in [7, 11) is 1.58. The van der Waals surface area contributed by atoms with Crippen molar-refractivity contribution in [1.82, 2.24) is 0 Å². The van der Waals surface area contributed by atoms with Crippen molar-refractivity contribution in [1.29, 1.82) is 0 Å². The quantitative estimate of drug-likeness (QED) is 0.610. The van der Waals surface area contributed by atoms with Gasteiger partial charge in [-0.15, -0.1) is 0 Å². The van der Waals surface area contributed by atoms with Gasteiger partial charge in [-0.05, 0) is 35.9 Å². The molecule has 1 fully saturated rings. The summed E-state index contributed by atoms with van der Waals surface area (Å²) in [6, 6.07) is 7.27. The first-order chi connectivity index (χ1) is 9.69. The largest absolute Gasteiger partial charge is 0.497 e. The van der Waals surface area contributed by atoms with Crippen LogP contribution in [0.5, 0.6) is 5.75 Å². The van der Waals surface area contributed by atoms with Crippen LogP contribution in [-0.2, 0) is 14.3 Å². The Labute approximate surface area is 116 Å². The van der Waals surface area contributed by atoms with Crippen molar-refractivity contribution in [3.05, 3.63) is 59.6 Å². The minimum atomic E-state index is -0.808. The highest BCUT2D eigenvalue weighted by molar-refractivity contribution is 6.18. The van der Waals surface area contributed by atoms with E-state index in [2.05, 4.69) is 0 Å². The minimum absolute atomic E-state index is 0.187. The molecule has 100 valence electrons. The fraction of sp³-hybridized carbons (Fsp3) is 0.125. The molecular formula is C16H12O4. The van der Waals surface area contributed by atoms with Crippen molar-refractivity contribution in [2.75, 3.05) is 7.11 Å². The lowest BCUT2D eigenvalue weighted by Gasteiger charge is -2.05. The van der Waals surface area contributed by atoms with Crippen LogP contribution in [0.15, 0.2) is 54.0 Å². The number of Topliss-reactive ketones (excluding diaryl/α,β-unsaturated/α-hetero) is 1. The SMILES string of the molecule is COc1cccc(/C=C2\OC3=CC=CC(=O)C3C2=O)c1. The molecule has 4 nitrogen and oxygen atoms in total. The average Bonchev–Trinajstić information content (AvgIpc) is 2.77. The Hall–Kier alpha value is -2.62. The van der Waals surface area contributed by atoms with Crippen molar-refractivity contribution in [3.63, 3.8) is 0 Å². The van der Waals surface area contributed by atoms with Gasteiger partial charge in [-0.25, -0.2) is 0 Å². The Morgan fingerprint density at radius 1 is 1.30 bits per heavy atom. The van der Waals surface area contributed by atoms with E-state index >= 15 is 0 Å². The summed E-state index contributed by atoms with van der Waals surface area (Å²) >= 11 is 0. The molecule has 20 heavy (non-hydrogen) atoms. The number of hydrogen-bond donors (Lipinski definition) is 0. The predicted molar refractivity (Wildman–Crippen MR) is 72.8 cm³/mol. The van der Waals surface area contributed by atoms with E-state index in [1.54, 1.807) is 31.4 Å². The molecule has 1 heterocycles. The molecule has 0 aromatic heterocycles. The lowest BCUT2D eigenvalue weighted by atomic mass is 9.94. The first kappa shape index (κ1) is 12.4. The second-order valence-corrected chi connectivity index (χ2v) is 4.52. The van der Waals surface area contributed by atoms with Crippen LogP contribution < -0.4 is 4.74 Å². The van der Waals surface area contributed by atoms with Crippen LogP contribution in [0.3, 0.4) is 0 Å². The van der Waals surface area contributed by atoms with Gasteiger partial charge in [-0.3, -0.25) is 9.59 Å². The third kappa shape index (κ3) is 2.05. The van der Waals surface area contributed by atoms with Crippen molar-refractivity contribution in [3.8, 4) is 5.75 Å². The predicted octanol–water partition coefficient (Wildman–Crippen LogP) is 2.27. The monoisotopic (exact) mass is 268 g/mol. The first-order valence-corrected chi connectivity index (χ1v) is 6.19. The molecule has 4 heteroatoms. The van der Waals surface area contributed by atoms with Crippen LogP contribution in [-0.4, -0.2) is 18.7 Å². The molecule has 1 aliphatic carbocycles. The third-order valence-corrected chi connectivity index (χ3v) is 3.21. The van der Waals surface area contributed by atoms with Crippen LogP contribution in [0.2, 0.25) is 0 Å². The lowest BCUT2D eigenvalue weighted by molar-refractivity contribution is -0.125. The Morgan fingerprint density at radius 3 is 2.90 bits per heavy atom. The van der Waals surface area contributed by atoms with E-state index in [0.29, 0.717) is 11.5 Å². The normalized spacial score (nSPS) is 22.6. The molecule has 0 N–H and O–H groups in total. The fourth-order valence-electron chi connectivity index (χ4n) is 2.22. The molecule has 1 unspecified atom stereocenters. The van der Waals surface area contributed by atoms with E-state index in [1.165, 1.54) is 6.08 Å². The summed E-state index contributed by atoms with van der Waals surface area (Å²) in [5.74, 6) is -0.0609. The molecule has 3 rings (SSSR count). The van der Waals surface area contributed by atoms with Gasteiger partial charge in [0.2, 0.25) is 5.78 Å². The standard InChI is InChI=1S/C16H12O4/c1-19-11-5-2-4-10(8-11)9-14-16(18)15-12(17)6-3-7-13(15)20-14/h2-9,15H,1H3/b14-9-. The summed E-state index contributed by atoms with van der Waals surface area (Å²) in [6.45, 7) is 0. The van der Waals surface area contributed by atoms with Crippen LogP contribution >= 0.6 is 0 Å². The zero-order valence-corrected chi connectivity index (χ0v) is 10.8. The minimum Gasteiger partial charge on any atom is -0.497 e. The molecule has 0 bridgehead atoms. The molecule has 1 aromatic carbocycles. The van der Waals surface area contributed by atoms with E-state index in [4.69, 9.17) is 9.47 Å². The summed E-state index contributed by atoms with van der Waals surface area (Å²) < 4.78 is 10.6. The molecule has 1 aliphatic heterocycles. The molecule has 2 aliphatic rings. The van der Waals surface area contributed by atoms with E-state index in [0.717, 1.165) is 5.56 Å². The van der Waals surface area contributed by atoms with Crippen LogP contribution in [0, 0.1) is 5.92 Å². The number of methoxy groups -OCH3 is 1. The van der Waals surface area contributed by atoms with Crippen molar-refractivity contribution < 1.29 is 19.1 Å². The van der Waals surface area contributed by atoms with Crippen molar-refractivity contribution in [2.45, 2.75) is 0 Å². The summed E-state index contributed by atoms with van der Waals surface area (Å²) in [5.41, 5.74) is 0.785. The Bertz CT molecular complexity index is 679. The third-order valence-electron chi connectivity index (χ3n) is 3.21. The molecule has 0 spiro atoms. The van der Waals surface area contributed by atoms with Crippen LogP contribution in [0.4, 0.5) is 0 Å². The maximum atomic E-state index is 12.2. The summed E-state index contributed by atoms with van der Waals surface area (Å²) in [4.78, 5) is 23.9. The topological polar surface area (TPSA) is 52.6 Å². The molecular weight excluding hydrogens is 256 g/mol. The van der Waals surface area contributed by atoms with Gasteiger partial charge >= 0.3 is 0 Å². The number of ketones is 2. The average molecular weight is 268 g/mol. The molecule has 1 aromatic rings. The number of benzene rings is 1. The molecule has 0 saturated carbocycles. The van der Waals surface area contributed by atoms with Gasteiger partial charge in [0.1, 0.15) is 17.4 Å². The Kier molecular flexibility index (Phi) is 2.99. The van der Waals surface area contributed by atoms with Crippen LogP contribution in [0.1, 0.15) is 5.56 Å². The fourth-order valence-corrected chi connectivity index (χ4v) is 2.22. The van der Waals surface area contributed by atoms with Crippen molar-refractivity contribution >= 4 is 17.6 Å². The number of fused-ring (bicyclic) bond motifs is 1. The lowest BCUT2D eigenvalue weighted by Crippen LogP contribution is -2.20. The Morgan fingerprint density at radius 2 is 2.15 bits per heavy atom. The first-order valence-electron chi connectivity index (χ1n) is 6.19. The van der Waals surface area contributed by atoms with Gasteiger partial charge in [0.05, 0.1) is 7.11 Å². The summed E-state index contributed by atoms with van der Waals surface area (Å²) in [5, 5.41) is 0. The maximum absolute atomic E-state index is 12.2. The van der Waals surface area contributed by atoms with E-state index in [9.17, 15) is 9.59 Å². The highest BCUT2D eigenvalue weighted by atomic mass is 16.5. The van der Waals surface area contributed by atoms with Gasteiger partial charge in [-0.2, -0.15) is 0 Å². The molecule has 1 saturated heterocycles. The number of carbonyl (C=O) groups is 2. The van der Waals surface area contributed by atoms with Gasteiger partial charge < -0.3 is 9.47 Å². The van der Waals surface area contributed by atoms with Gasteiger partial charge in [0, 0.05) is 0 Å². The van der Waals surface area contributed by atoms with E-state index in [-0.39, 0.29) is 17.3 Å². The maximum Gasteiger partial charge on any atom is 0.216 e. The van der Waals surface area contributed by atoms with E-state index < -0.39 is 5.92 Å². The zero-order chi connectivity index (χ0) is 14.1. The summed E-state index contributed by atoms with van der Waals surface area (Å²) in [6.07, 6.45) is 6.26. The van der Waals surface area contributed by atoms with Gasteiger partial charge in [0.25, 0.3) is 0 Å².